The summed E-state index contributed by atoms with van der Waals surface area (Å²) in [6, 6.07) is 10.6. The smallest absolute Gasteiger partial charge is 0.255 e. The van der Waals surface area contributed by atoms with E-state index in [1.54, 1.807) is 43.5 Å². The number of amides is 1. The average Bonchev–Trinajstić information content (AvgIpc) is 3.12. The van der Waals surface area contributed by atoms with Crippen LogP contribution in [0.1, 0.15) is 35.7 Å². The lowest BCUT2D eigenvalue weighted by Gasteiger charge is -2.37. The molecule has 0 unspecified atom stereocenters. The summed E-state index contributed by atoms with van der Waals surface area (Å²) < 4.78 is 5.17. The molecule has 1 amide bonds. The zero-order valence-corrected chi connectivity index (χ0v) is 14.0. The minimum Gasteiger partial charge on any atom is -0.497 e. The maximum atomic E-state index is 12.8. The molecule has 0 spiro atoms. The number of pyridine rings is 1. The minimum absolute atomic E-state index is 0.0839. The summed E-state index contributed by atoms with van der Waals surface area (Å²) in [6.07, 6.45) is 4.86. The van der Waals surface area contributed by atoms with E-state index in [4.69, 9.17) is 4.74 Å². The largest absolute Gasteiger partial charge is 0.497 e. The number of aliphatic hydroxyl groups is 1. The third-order valence-electron chi connectivity index (χ3n) is 4.75. The Labute approximate surface area is 141 Å². The lowest BCUT2D eigenvalue weighted by molar-refractivity contribution is -0.0177. The molecule has 126 valence electrons. The van der Waals surface area contributed by atoms with Crippen LogP contribution in [0, 0.1) is 0 Å². The van der Waals surface area contributed by atoms with E-state index in [0.717, 1.165) is 24.2 Å². The van der Waals surface area contributed by atoms with Crippen LogP contribution in [-0.4, -0.2) is 40.6 Å². The van der Waals surface area contributed by atoms with Crippen LogP contribution < -0.4 is 4.74 Å². The minimum atomic E-state index is -1.12. The Kier molecular flexibility index (Phi) is 4.53. The number of hydrogen-bond donors (Lipinski definition) is 1. The number of benzene rings is 1. The fourth-order valence-electron chi connectivity index (χ4n) is 3.37. The first kappa shape index (κ1) is 16.5. The molecule has 1 aromatic carbocycles. The van der Waals surface area contributed by atoms with Gasteiger partial charge in [0.1, 0.15) is 11.4 Å². The fraction of sp³-hybridized carbons (Fsp3) is 0.368. The second kappa shape index (κ2) is 6.61. The Balaban J connectivity index is 1.87. The predicted octanol–water partition coefficient (Wildman–Crippen LogP) is 2.60. The lowest BCUT2D eigenvalue weighted by Crippen LogP contribution is -2.48. The van der Waals surface area contributed by atoms with Gasteiger partial charge in [-0.2, -0.15) is 0 Å². The number of methoxy groups -OCH3 is 1. The van der Waals surface area contributed by atoms with Crippen molar-refractivity contribution in [1.29, 1.82) is 0 Å². The third-order valence-corrected chi connectivity index (χ3v) is 4.75. The highest BCUT2D eigenvalue weighted by Crippen LogP contribution is 2.36. The number of hydrogen-bond acceptors (Lipinski definition) is 4. The first-order chi connectivity index (χ1) is 11.5. The molecule has 0 aliphatic carbocycles. The highest BCUT2D eigenvalue weighted by molar-refractivity contribution is 5.94. The van der Waals surface area contributed by atoms with Crippen molar-refractivity contribution >= 4 is 5.91 Å². The van der Waals surface area contributed by atoms with Crippen LogP contribution in [0.4, 0.5) is 0 Å². The molecule has 3 rings (SSSR count). The number of rotatable bonds is 4. The lowest BCUT2D eigenvalue weighted by atomic mass is 9.86. The molecule has 1 saturated heterocycles. The highest BCUT2D eigenvalue weighted by atomic mass is 16.5. The van der Waals surface area contributed by atoms with E-state index in [0.29, 0.717) is 12.1 Å². The van der Waals surface area contributed by atoms with Gasteiger partial charge in [0, 0.05) is 18.9 Å². The predicted molar refractivity (Wildman–Crippen MR) is 90.9 cm³/mol. The van der Waals surface area contributed by atoms with Crippen LogP contribution in [0.25, 0.3) is 0 Å². The van der Waals surface area contributed by atoms with Gasteiger partial charge in [-0.15, -0.1) is 0 Å². The maximum absolute atomic E-state index is 12.8. The molecule has 2 aromatic rings. The normalized spacial score (nSPS) is 19.8. The summed E-state index contributed by atoms with van der Waals surface area (Å²) in [7, 11) is 1.61. The zero-order chi connectivity index (χ0) is 17.2. The molecule has 1 N–H and O–H groups in total. The Morgan fingerprint density at radius 2 is 2.08 bits per heavy atom. The second-order valence-electron chi connectivity index (χ2n) is 6.27. The Morgan fingerprint density at radius 1 is 1.33 bits per heavy atom. The molecule has 2 atom stereocenters. The summed E-state index contributed by atoms with van der Waals surface area (Å²) in [4.78, 5) is 18.6. The van der Waals surface area contributed by atoms with Gasteiger partial charge in [0.2, 0.25) is 0 Å². The molecule has 5 nitrogen and oxygen atoms in total. The molecule has 2 heterocycles. The van der Waals surface area contributed by atoms with Gasteiger partial charge in [-0.1, -0.05) is 12.1 Å². The molecule has 24 heavy (non-hydrogen) atoms. The van der Waals surface area contributed by atoms with Crippen LogP contribution in [0.15, 0.2) is 48.8 Å². The van der Waals surface area contributed by atoms with Crippen molar-refractivity contribution in [3.63, 3.8) is 0 Å². The van der Waals surface area contributed by atoms with E-state index in [1.807, 2.05) is 24.3 Å². The maximum Gasteiger partial charge on any atom is 0.255 e. The number of aromatic nitrogens is 1. The van der Waals surface area contributed by atoms with Crippen LogP contribution in [-0.2, 0) is 5.60 Å². The first-order valence-corrected chi connectivity index (χ1v) is 8.12. The summed E-state index contributed by atoms with van der Waals surface area (Å²) in [6.45, 7) is 2.42. The van der Waals surface area contributed by atoms with Crippen LogP contribution in [0.5, 0.6) is 5.75 Å². The Hall–Kier alpha value is -2.40. The summed E-state index contributed by atoms with van der Waals surface area (Å²) in [5, 5.41) is 11.2. The molecule has 0 saturated carbocycles. The van der Waals surface area contributed by atoms with Crippen molar-refractivity contribution in [3.8, 4) is 5.75 Å². The monoisotopic (exact) mass is 326 g/mol. The van der Waals surface area contributed by atoms with Crippen LogP contribution in [0.3, 0.4) is 0 Å². The van der Waals surface area contributed by atoms with Crippen molar-refractivity contribution in [2.75, 3.05) is 13.7 Å². The van der Waals surface area contributed by atoms with Gasteiger partial charge in [0.05, 0.1) is 18.7 Å². The van der Waals surface area contributed by atoms with Crippen molar-refractivity contribution in [2.24, 2.45) is 0 Å². The third kappa shape index (κ3) is 2.99. The molecule has 1 fully saturated rings. The van der Waals surface area contributed by atoms with Crippen LogP contribution >= 0.6 is 0 Å². The van der Waals surface area contributed by atoms with Gasteiger partial charge in [-0.05, 0) is 49.6 Å². The number of carbonyl (C=O) groups is 1. The first-order valence-electron chi connectivity index (χ1n) is 8.12. The summed E-state index contributed by atoms with van der Waals surface area (Å²) in [5.74, 6) is 0.656. The van der Waals surface area contributed by atoms with Crippen molar-refractivity contribution in [2.45, 2.75) is 31.4 Å². The van der Waals surface area contributed by atoms with Crippen molar-refractivity contribution in [3.05, 3.63) is 59.9 Å². The van der Waals surface area contributed by atoms with E-state index in [9.17, 15) is 9.90 Å². The standard InChI is InChI=1S/C19H22N2O3/c1-19(23,15-7-9-16(24-2)10-8-15)17-6-4-12-21(17)18(22)14-5-3-11-20-13-14/h3,5,7-11,13,17,23H,4,6,12H2,1-2H3/t17-,19-/m1/s1. The van der Waals surface area contributed by atoms with Gasteiger partial charge in [-0.25, -0.2) is 0 Å². The molecular weight excluding hydrogens is 304 g/mol. The number of likely N-dealkylation sites (tertiary alicyclic amines) is 1. The summed E-state index contributed by atoms with van der Waals surface area (Å²) in [5.41, 5.74) is 0.204. The van der Waals surface area contributed by atoms with Gasteiger partial charge in [-0.3, -0.25) is 9.78 Å². The van der Waals surface area contributed by atoms with Crippen molar-refractivity contribution in [1.82, 2.24) is 9.88 Å². The number of nitrogens with zero attached hydrogens (tertiary/aromatic N) is 2. The van der Waals surface area contributed by atoms with Gasteiger partial charge in [0.15, 0.2) is 0 Å². The molecule has 1 aliphatic heterocycles. The molecule has 0 radical (unpaired) electrons. The SMILES string of the molecule is COc1ccc([C@@](C)(O)[C@H]2CCCN2C(=O)c2cccnc2)cc1. The van der Waals surface area contributed by atoms with E-state index in [-0.39, 0.29) is 11.9 Å². The molecule has 5 heteroatoms. The average molecular weight is 326 g/mol. The fourth-order valence-corrected chi connectivity index (χ4v) is 3.37. The van der Waals surface area contributed by atoms with Crippen molar-refractivity contribution < 1.29 is 14.6 Å². The quantitative estimate of drug-likeness (QED) is 0.938. The van der Waals surface area contributed by atoms with Gasteiger partial charge >= 0.3 is 0 Å². The van der Waals surface area contributed by atoms with E-state index >= 15 is 0 Å². The van der Waals surface area contributed by atoms with E-state index < -0.39 is 5.60 Å². The topological polar surface area (TPSA) is 62.7 Å². The number of ether oxygens (including phenoxy) is 1. The molecular formula is C19H22N2O3. The highest BCUT2D eigenvalue weighted by Gasteiger charge is 2.42. The van der Waals surface area contributed by atoms with E-state index in [1.165, 1.54) is 0 Å². The zero-order valence-electron chi connectivity index (χ0n) is 14.0. The second-order valence-corrected chi connectivity index (χ2v) is 6.27. The summed E-state index contributed by atoms with van der Waals surface area (Å²) >= 11 is 0. The Bertz CT molecular complexity index is 698. The molecule has 1 aromatic heterocycles. The number of carbonyl (C=O) groups excluding carboxylic acids is 1. The Morgan fingerprint density at radius 3 is 2.71 bits per heavy atom. The van der Waals surface area contributed by atoms with Gasteiger partial charge in [0.25, 0.3) is 5.91 Å². The van der Waals surface area contributed by atoms with Crippen LogP contribution in [0.2, 0.25) is 0 Å². The van der Waals surface area contributed by atoms with Gasteiger partial charge < -0.3 is 14.7 Å². The molecule has 0 bridgehead atoms. The molecule has 1 aliphatic rings. The van der Waals surface area contributed by atoms with E-state index in [2.05, 4.69) is 4.98 Å².